The number of carbonyl (C=O) groups excluding carboxylic acids is 2. The van der Waals surface area contributed by atoms with Gasteiger partial charge in [0.15, 0.2) is 11.9 Å². The second-order valence-electron chi connectivity index (χ2n) is 7.73. The van der Waals surface area contributed by atoms with E-state index in [0.29, 0.717) is 16.0 Å². The van der Waals surface area contributed by atoms with Gasteiger partial charge in [-0.3, -0.25) is 9.59 Å². The van der Waals surface area contributed by atoms with Gasteiger partial charge in [-0.1, -0.05) is 51.7 Å². The molecule has 0 spiro atoms. The van der Waals surface area contributed by atoms with Gasteiger partial charge < -0.3 is 14.9 Å². The lowest BCUT2D eigenvalue weighted by molar-refractivity contribution is -0.153. The summed E-state index contributed by atoms with van der Waals surface area (Å²) in [7, 11) is 0. The number of hydrogen-bond acceptors (Lipinski definition) is 7. The summed E-state index contributed by atoms with van der Waals surface area (Å²) in [5, 5.41) is 0.775. The molecule has 0 aliphatic carbocycles. The summed E-state index contributed by atoms with van der Waals surface area (Å²) >= 11 is 5.70. The molecule has 2 rings (SSSR count). The van der Waals surface area contributed by atoms with Crippen molar-refractivity contribution in [2.45, 2.75) is 46.8 Å². The Hall–Kier alpha value is -2.74. The van der Waals surface area contributed by atoms with Crippen LogP contribution in [0.4, 0.5) is 0 Å². The molecule has 7 nitrogen and oxygen atoms in total. The van der Waals surface area contributed by atoms with Gasteiger partial charge >= 0.3 is 11.9 Å². The maximum atomic E-state index is 11.8. The van der Waals surface area contributed by atoms with E-state index in [2.05, 4.69) is 12.0 Å². The fourth-order valence-corrected chi connectivity index (χ4v) is 3.16. The highest BCUT2D eigenvalue weighted by Crippen LogP contribution is 2.36. The second-order valence-corrected chi connectivity index (χ2v) is 8.12. The minimum atomic E-state index is -0.658. The first kappa shape index (κ1) is 22.5. The molecular formula is C21H27N3O4S. The molecule has 0 amide bonds. The Morgan fingerprint density at radius 2 is 1.86 bits per heavy atom. The smallest absolute Gasteiger partial charge is 0.303 e. The first-order valence-electron chi connectivity index (χ1n) is 9.27. The van der Waals surface area contributed by atoms with Gasteiger partial charge in [-0.2, -0.15) is 0 Å². The van der Waals surface area contributed by atoms with Crippen LogP contribution in [0.3, 0.4) is 0 Å². The minimum absolute atomic E-state index is 0.224. The van der Waals surface area contributed by atoms with Crippen LogP contribution in [-0.4, -0.2) is 34.2 Å². The van der Waals surface area contributed by atoms with E-state index in [0.717, 1.165) is 5.39 Å². The molecule has 2 aromatic rings. The van der Waals surface area contributed by atoms with E-state index in [4.69, 9.17) is 26.7 Å². The number of para-hydroxylation sites is 1. The molecule has 1 aromatic carbocycles. The molecule has 0 radical (unpaired) electrons. The minimum Gasteiger partial charge on any atom is -0.456 e. The summed E-state index contributed by atoms with van der Waals surface area (Å²) in [5.41, 5.74) is 3.42. The number of nitrogens with zero attached hydrogens (tertiary/aromatic N) is 2. The summed E-state index contributed by atoms with van der Waals surface area (Å²) in [5.74, 6) is -0.368. The van der Waals surface area contributed by atoms with Crippen LogP contribution >= 0.6 is 12.2 Å². The summed E-state index contributed by atoms with van der Waals surface area (Å²) in [4.78, 5) is 27.8. The number of esters is 2. The van der Waals surface area contributed by atoms with Crippen molar-refractivity contribution >= 4 is 35.1 Å². The zero-order valence-corrected chi connectivity index (χ0v) is 18.2. The fourth-order valence-electron chi connectivity index (χ4n) is 2.83. The Kier molecular flexibility index (Phi) is 7.13. The highest BCUT2D eigenvalue weighted by atomic mass is 32.1. The van der Waals surface area contributed by atoms with Gasteiger partial charge in [0.1, 0.15) is 10.7 Å². The van der Waals surface area contributed by atoms with E-state index in [1.165, 1.54) is 19.9 Å². The zero-order valence-electron chi connectivity index (χ0n) is 17.4. The third kappa shape index (κ3) is 5.63. The monoisotopic (exact) mass is 417 g/mol. The number of benzene rings is 1. The van der Waals surface area contributed by atoms with Crippen LogP contribution < -0.4 is 5.43 Å². The maximum absolute atomic E-state index is 11.8. The van der Waals surface area contributed by atoms with Gasteiger partial charge in [0.25, 0.3) is 0 Å². The van der Waals surface area contributed by atoms with E-state index < -0.39 is 29.6 Å². The van der Waals surface area contributed by atoms with Crippen LogP contribution in [0.2, 0.25) is 0 Å². The molecule has 0 bridgehead atoms. The molecule has 0 aliphatic rings. The van der Waals surface area contributed by atoms with Crippen LogP contribution in [0.15, 0.2) is 36.9 Å². The lowest BCUT2D eigenvalue weighted by atomic mass is 9.88. The van der Waals surface area contributed by atoms with Crippen molar-refractivity contribution in [1.29, 1.82) is 0 Å². The quantitative estimate of drug-likeness (QED) is 0.413. The molecule has 29 heavy (non-hydrogen) atoms. The van der Waals surface area contributed by atoms with Gasteiger partial charge in [0.2, 0.25) is 0 Å². The van der Waals surface area contributed by atoms with Gasteiger partial charge in [-0.05, 0) is 18.2 Å². The van der Waals surface area contributed by atoms with Gasteiger partial charge in [0, 0.05) is 24.6 Å². The Morgan fingerprint density at radius 3 is 2.41 bits per heavy atom. The average Bonchev–Trinajstić information content (AvgIpc) is 2.63. The van der Waals surface area contributed by atoms with E-state index >= 15 is 0 Å². The van der Waals surface area contributed by atoms with Gasteiger partial charge in [0.05, 0.1) is 12.1 Å². The molecule has 0 saturated heterocycles. The first-order chi connectivity index (χ1) is 13.5. The highest BCUT2D eigenvalue weighted by Gasteiger charge is 2.33. The van der Waals surface area contributed by atoms with E-state index in [9.17, 15) is 9.59 Å². The number of hydrogen-bond donors (Lipinski definition) is 1. The molecular weight excluding hydrogens is 390 g/mol. The van der Waals surface area contributed by atoms with E-state index in [1.807, 2.05) is 45.0 Å². The molecule has 2 atom stereocenters. The molecule has 0 aliphatic heterocycles. The summed E-state index contributed by atoms with van der Waals surface area (Å²) in [6, 6.07) is 7.49. The second kappa shape index (κ2) is 9.17. The summed E-state index contributed by atoms with van der Waals surface area (Å²) in [6.07, 6.45) is 0.310. The molecule has 1 aromatic heterocycles. The first-order valence-corrected chi connectivity index (χ1v) is 9.68. The predicted octanol–water partition coefficient (Wildman–Crippen LogP) is 4.08. The highest BCUT2D eigenvalue weighted by molar-refractivity contribution is 7.71. The maximum Gasteiger partial charge on any atom is 0.303 e. The molecule has 8 heteroatoms. The molecule has 1 heterocycles. The van der Waals surface area contributed by atoms with E-state index in [-0.39, 0.29) is 6.54 Å². The Morgan fingerprint density at radius 1 is 1.24 bits per heavy atom. The molecule has 0 unspecified atom stereocenters. The molecule has 1 N–H and O–H groups in total. The standard InChI is InChI=1S/C21H27N3O4S/c1-7-15(27-13(2)25)12-22-24-19(18(21(4,5)6)28-14(3)26)23-17-11-9-8-10-16(17)20(24)29/h7-11,15,18,22H,1,12H2,2-6H3/t15-,18+/m0/s1. The lowest BCUT2D eigenvalue weighted by Gasteiger charge is -2.32. The number of aromatic nitrogens is 2. The van der Waals surface area contributed by atoms with Crippen molar-refractivity contribution in [2.24, 2.45) is 5.41 Å². The van der Waals surface area contributed by atoms with Crippen molar-refractivity contribution in [2.75, 3.05) is 12.0 Å². The van der Waals surface area contributed by atoms with Crippen LogP contribution in [0.1, 0.15) is 46.5 Å². The van der Waals surface area contributed by atoms with Crippen molar-refractivity contribution in [1.82, 2.24) is 9.66 Å². The third-order valence-electron chi connectivity index (χ3n) is 4.14. The van der Waals surface area contributed by atoms with Crippen LogP contribution in [-0.2, 0) is 19.1 Å². The molecule has 0 fully saturated rings. The Labute approximate surface area is 175 Å². The Balaban J connectivity index is 2.61. The number of carbonyl (C=O) groups is 2. The fraction of sp³-hybridized carbons (Fsp3) is 0.429. The number of fused-ring (bicyclic) bond motifs is 1. The van der Waals surface area contributed by atoms with Crippen molar-refractivity contribution in [3.8, 4) is 0 Å². The predicted molar refractivity (Wildman–Crippen MR) is 115 cm³/mol. The van der Waals surface area contributed by atoms with Crippen molar-refractivity contribution in [3.63, 3.8) is 0 Å². The number of rotatable bonds is 7. The van der Waals surface area contributed by atoms with Crippen molar-refractivity contribution in [3.05, 3.63) is 47.4 Å². The SMILES string of the molecule is C=C[C@@H](CNn1c([C@@H](OC(C)=O)C(C)(C)C)nc2ccccc2c1=S)OC(C)=O. The zero-order chi connectivity index (χ0) is 21.8. The van der Waals surface area contributed by atoms with Gasteiger partial charge in [-0.25, -0.2) is 9.66 Å². The lowest BCUT2D eigenvalue weighted by Crippen LogP contribution is -2.34. The third-order valence-corrected chi connectivity index (χ3v) is 4.54. The normalized spacial score (nSPS) is 13.4. The molecule has 156 valence electrons. The van der Waals surface area contributed by atoms with Gasteiger partial charge in [-0.15, -0.1) is 0 Å². The summed E-state index contributed by atoms with van der Waals surface area (Å²) < 4.78 is 12.9. The van der Waals surface area contributed by atoms with Crippen molar-refractivity contribution < 1.29 is 19.1 Å². The van der Waals surface area contributed by atoms with E-state index in [1.54, 1.807) is 4.68 Å². The molecule has 0 saturated carbocycles. The summed E-state index contributed by atoms with van der Waals surface area (Å²) in [6.45, 7) is 12.5. The van der Waals surface area contributed by atoms with Crippen LogP contribution in [0, 0.1) is 10.1 Å². The largest absolute Gasteiger partial charge is 0.456 e. The number of nitrogens with one attached hydrogen (secondary N) is 1. The van der Waals surface area contributed by atoms with Crippen LogP contribution in [0.5, 0.6) is 0 Å². The number of ether oxygens (including phenoxy) is 2. The van der Waals surface area contributed by atoms with Crippen LogP contribution in [0.25, 0.3) is 10.9 Å². The Bertz CT molecular complexity index is 978. The average molecular weight is 418 g/mol. The topological polar surface area (TPSA) is 82.5 Å².